The highest BCUT2D eigenvalue weighted by Crippen LogP contribution is 2.21. The van der Waals surface area contributed by atoms with E-state index in [0.29, 0.717) is 11.3 Å². The zero-order chi connectivity index (χ0) is 11.4. The topological polar surface area (TPSA) is 67.4 Å². The summed E-state index contributed by atoms with van der Waals surface area (Å²) in [6.07, 6.45) is 0. The number of hydrogen-bond acceptors (Lipinski definition) is 5. The second-order valence-electron chi connectivity index (χ2n) is 3.14. The largest absolute Gasteiger partial charge is 0.224 e. The number of tetrazole rings is 1. The van der Waals surface area contributed by atoms with E-state index in [9.17, 15) is 0 Å². The fourth-order valence-electron chi connectivity index (χ4n) is 1.24. The van der Waals surface area contributed by atoms with Gasteiger partial charge in [-0.1, -0.05) is 30.0 Å². The normalized spacial score (nSPS) is 10.0. The van der Waals surface area contributed by atoms with E-state index in [1.165, 1.54) is 11.8 Å². The lowest BCUT2D eigenvalue weighted by Crippen LogP contribution is -1.94. The van der Waals surface area contributed by atoms with Gasteiger partial charge in [0.1, 0.15) is 0 Å². The number of rotatable bonds is 3. The van der Waals surface area contributed by atoms with Gasteiger partial charge in [0.2, 0.25) is 5.16 Å². The number of benzene rings is 1. The van der Waals surface area contributed by atoms with E-state index in [0.717, 1.165) is 10.7 Å². The molecule has 80 valence electrons. The third kappa shape index (κ3) is 2.20. The van der Waals surface area contributed by atoms with Crippen molar-refractivity contribution < 1.29 is 0 Å². The first-order chi connectivity index (χ1) is 7.81. The predicted molar refractivity (Wildman–Crippen MR) is 59.5 cm³/mol. The minimum atomic E-state index is 0.692. The Morgan fingerprint density at radius 2 is 2.25 bits per heavy atom. The van der Waals surface area contributed by atoms with Gasteiger partial charge < -0.3 is 0 Å². The van der Waals surface area contributed by atoms with E-state index in [1.807, 2.05) is 24.3 Å². The van der Waals surface area contributed by atoms with Crippen LogP contribution in [0.2, 0.25) is 0 Å². The van der Waals surface area contributed by atoms with E-state index < -0.39 is 0 Å². The number of hydrogen-bond donors (Lipinski definition) is 0. The highest BCUT2D eigenvalue weighted by molar-refractivity contribution is 7.98. The quantitative estimate of drug-likeness (QED) is 0.746. The molecule has 0 N–H and O–H groups in total. The summed E-state index contributed by atoms with van der Waals surface area (Å²) >= 11 is 1.51. The van der Waals surface area contributed by atoms with Gasteiger partial charge in [0.05, 0.1) is 11.6 Å². The number of nitrogens with zero attached hydrogens (tertiary/aromatic N) is 5. The minimum Gasteiger partial charge on any atom is -0.224 e. The van der Waals surface area contributed by atoms with Crippen molar-refractivity contribution in [3.63, 3.8) is 0 Å². The number of thioether (sulfide) groups is 1. The molecule has 0 saturated carbocycles. The molecule has 1 aromatic heterocycles. The molecule has 0 atom stereocenters. The van der Waals surface area contributed by atoms with E-state index in [2.05, 4.69) is 21.6 Å². The van der Waals surface area contributed by atoms with Crippen LogP contribution in [-0.4, -0.2) is 20.2 Å². The molecule has 0 saturated heterocycles. The summed E-state index contributed by atoms with van der Waals surface area (Å²) in [6, 6.07) is 9.70. The third-order valence-corrected chi connectivity index (χ3v) is 3.14. The Balaban J connectivity index is 2.11. The molecule has 1 aromatic carbocycles. The van der Waals surface area contributed by atoms with Crippen LogP contribution in [0.1, 0.15) is 11.1 Å². The molecule has 5 nitrogen and oxygen atoms in total. The Kier molecular flexibility index (Phi) is 3.17. The predicted octanol–water partition coefficient (Wildman–Crippen LogP) is 1.37. The van der Waals surface area contributed by atoms with Crippen LogP contribution in [0.15, 0.2) is 29.4 Å². The van der Waals surface area contributed by atoms with Gasteiger partial charge in [0.15, 0.2) is 0 Å². The van der Waals surface area contributed by atoms with Gasteiger partial charge in [0.25, 0.3) is 0 Å². The molecule has 0 aliphatic carbocycles. The highest BCUT2D eigenvalue weighted by Gasteiger charge is 2.05. The van der Waals surface area contributed by atoms with E-state index in [1.54, 1.807) is 11.7 Å². The monoisotopic (exact) mass is 231 g/mol. The van der Waals surface area contributed by atoms with Gasteiger partial charge in [-0.05, 0) is 22.1 Å². The van der Waals surface area contributed by atoms with Crippen LogP contribution in [0.5, 0.6) is 0 Å². The third-order valence-electron chi connectivity index (χ3n) is 2.08. The van der Waals surface area contributed by atoms with Gasteiger partial charge >= 0.3 is 0 Å². The summed E-state index contributed by atoms with van der Waals surface area (Å²) in [5.41, 5.74) is 1.70. The van der Waals surface area contributed by atoms with Gasteiger partial charge in [0, 0.05) is 12.8 Å². The van der Waals surface area contributed by atoms with Gasteiger partial charge in [-0.2, -0.15) is 5.26 Å². The van der Waals surface area contributed by atoms with Crippen LogP contribution in [-0.2, 0) is 12.8 Å². The second-order valence-corrected chi connectivity index (χ2v) is 4.09. The van der Waals surface area contributed by atoms with Crippen molar-refractivity contribution in [3.05, 3.63) is 35.4 Å². The SMILES string of the molecule is Cn1nnnc1SCc1ccccc1C#N. The van der Waals surface area contributed by atoms with E-state index >= 15 is 0 Å². The van der Waals surface area contributed by atoms with Crippen molar-refractivity contribution in [1.82, 2.24) is 20.2 Å². The smallest absolute Gasteiger partial charge is 0.209 e. The molecule has 0 unspecified atom stereocenters. The Morgan fingerprint density at radius 1 is 1.44 bits per heavy atom. The summed E-state index contributed by atoms with van der Waals surface area (Å²) in [7, 11) is 1.79. The maximum Gasteiger partial charge on any atom is 0.209 e. The first-order valence-corrected chi connectivity index (χ1v) is 5.63. The van der Waals surface area contributed by atoms with Gasteiger partial charge in [-0.15, -0.1) is 5.10 Å². The summed E-state index contributed by atoms with van der Waals surface area (Å²) in [4.78, 5) is 0. The van der Waals surface area contributed by atoms with Crippen LogP contribution < -0.4 is 0 Å². The minimum absolute atomic E-state index is 0.692. The molecule has 2 rings (SSSR count). The lowest BCUT2D eigenvalue weighted by atomic mass is 10.1. The Labute approximate surface area is 97.1 Å². The van der Waals surface area contributed by atoms with Crippen LogP contribution in [0, 0.1) is 11.3 Å². The molecule has 6 heteroatoms. The van der Waals surface area contributed by atoms with Crippen molar-refractivity contribution in [1.29, 1.82) is 5.26 Å². The molecule has 0 aliphatic heterocycles. The van der Waals surface area contributed by atoms with E-state index in [4.69, 9.17) is 5.26 Å². The maximum absolute atomic E-state index is 8.93. The van der Waals surface area contributed by atoms with Crippen molar-refractivity contribution >= 4 is 11.8 Å². The van der Waals surface area contributed by atoms with Crippen LogP contribution in [0.4, 0.5) is 0 Å². The molecule has 0 amide bonds. The molecule has 0 bridgehead atoms. The first kappa shape index (κ1) is 10.6. The zero-order valence-corrected chi connectivity index (χ0v) is 9.48. The fraction of sp³-hybridized carbons (Fsp3) is 0.200. The maximum atomic E-state index is 8.93. The fourth-order valence-corrected chi connectivity index (χ4v) is 2.09. The molecule has 16 heavy (non-hydrogen) atoms. The molecule has 2 aromatic rings. The summed E-state index contributed by atoms with van der Waals surface area (Å²) in [5, 5.41) is 20.8. The van der Waals surface area contributed by atoms with E-state index in [-0.39, 0.29) is 0 Å². The van der Waals surface area contributed by atoms with Crippen molar-refractivity contribution in [2.45, 2.75) is 10.9 Å². The second kappa shape index (κ2) is 4.77. The average molecular weight is 231 g/mol. The summed E-state index contributed by atoms with van der Waals surface area (Å²) < 4.78 is 1.61. The molecule has 0 radical (unpaired) electrons. The van der Waals surface area contributed by atoms with Gasteiger partial charge in [-0.3, -0.25) is 0 Å². The van der Waals surface area contributed by atoms with Crippen LogP contribution in [0.3, 0.4) is 0 Å². The lowest BCUT2D eigenvalue weighted by Gasteiger charge is -2.01. The summed E-state index contributed by atoms with van der Waals surface area (Å²) in [5.74, 6) is 0.692. The van der Waals surface area contributed by atoms with Crippen molar-refractivity contribution in [3.8, 4) is 6.07 Å². The molecular weight excluding hydrogens is 222 g/mol. The lowest BCUT2D eigenvalue weighted by molar-refractivity contribution is 0.664. The van der Waals surface area contributed by atoms with Crippen molar-refractivity contribution in [2.75, 3.05) is 0 Å². The molecular formula is C10H9N5S. The Hall–Kier alpha value is -1.87. The van der Waals surface area contributed by atoms with Crippen molar-refractivity contribution in [2.24, 2.45) is 7.05 Å². The number of aryl methyl sites for hydroxylation is 1. The average Bonchev–Trinajstić information content (AvgIpc) is 2.72. The highest BCUT2D eigenvalue weighted by atomic mass is 32.2. The van der Waals surface area contributed by atoms with Crippen LogP contribution in [0.25, 0.3) is 0 Å². The summed E-state index contributed by atoms with van der Waals surface area (Å²) in [6.45, 7) is 0. The standard InChI is InChI=1S/C10H9N5S/c1-15-10(12-13-14-15)16-7-9-5-3-2-4-8(9)6-11/h2-5H,7H2,1H3. The number of nitriles is 1. The Bertz CT molecular complexity index is 528. The molecule has 0 spiro atoms. The number of aromatic nitrogens is 4. The van der Waals surface area contributed by atoms with Crippen LogP contribution >= 0.6 is 11.8 Å². The first-order valence-electron chi connectivity index (χ1n) is 4.64. The molecule has 0 fully saturated rings. The van der Waals surface area contributed by atoms with Gasteiger partial charge in [-0.25, -0.2) is 4.68 Å². The Morgan fingerprint density at radius 3 is 2.94 bits per heavy atom. The molecule has 1 heterocycles. The zero-order valence-electron chi connectivity index (χ0n) is 8.66. The molecule has 0 aliphatic rings.